The predicted molar refractivity (Wildman–Crippen MR) is 98.6 cm³/mol. The lowest BCUT2D eigenvalue weighted by Crippen LogP contribution is -2.24. The molecule has 0 aliphatic heterocycles. The van der Waals surface area contributed by atoms with Crippen LogP contribution in [0.15, 0.2) is 41.5 Å². The van der Waals surface area contributed by atoms with Crippen molar-refractivity contribution in [2.24, 2.45) is 5.10 Å². The van der Waals surface area contributed by atoms with Crippen molar-refractivity contribution in [3.05, 3.63) is 57.6 Å². The minimum Gasteiger partial charge on any atom is -0.496 e. The van der Waals surface area contributed by atoms with Crippen molar-refractivity contribution in [1.29, 1.82) is 0 Å². The summed E-state index contributed by atoms with van der Waals surface area (Å²) < 4.78 is 15.6. The third-order valence-corrected chi connectivity index (χ3v) is 3.57. The van der Waals surface area contributed by atoms with Crippen molar-refractivity contribution in [1.82, 2.24) is 5.43 Å². The summed E-state index contributed by atoms with van der Waals surface area (Å²) in [6.07, 6.45) is 1.25. The predicted octanol–water partition coefficient (Wildman–Crippen LogP) is 2.45. The second kappa shape index (κ2) is 9.18. The number of benzene rings is 2. The van der Waals surface area contributed by atoms with E-state index in [1.165, 1.54) is 32.6 Å². The number of nitro benzene ring substituents is 1. The highest BCUT2D eigenvalue weighted by atomic mass is 16.6. The summed E-state index contributed by atoms with van der Waals surface area (Å²) in [6, 6.07) is 9.93. The van der Waals surface area contributed by atoms with Gasteiger partial charge < -0.3 is 14.2 Å². The van der Waals surface area contributed by atoms with Gasteiger partial charge in [0, 0.05) is 17.7 Å². The lowest BCUT2D eigenvalue weighted by Gasteiger charge is -2.08. The van der Waals surface area contributed by atoms with Gasteiger partial charge in [0.2, 0.25) is 5.75 Å². The molecule has 0 aliphatic rings. The number of nitro groups is 1. The number of methoxy groups -OCH3 is 2. The van der Waals surface area contributed by atoms with Gasteiger partial charge in [0.05, 0.1) is 25.4 Å². The Kier molecular flexibility index (Phi) is 6.70. The number of para-hydroxylation sites is 1. The van der Waals surface area contributed by atoms with E-state index >= 15 is 0 Å². The maximum absolute atomic E-state index is 11.8. The number of carbonyl (C=O) groups is 1. The molecule has 0 saturated carbocycles. The van der Waals surface area contributed by atoms with Crippen LogP contribution in [-0.4, -0.2) is 37.9 Å². The molecule has 0 aliphatic carbocycles. The van der Waals surface area contributed by atoms with Crippen LogP contribution in [0.4, 0.5) is 5.69 Å². The van der Waals surface area contributed by atoms with Gasteiger partial charge in [-0.25, -0.2) is 5.43 Å². The molecule has 2 aromatic rings. The van der Waals surface area contributed by atoms with Gasteiger partial charge in [-0.05, 0) is 18.6 Å². The number of nitrogens with one attached hydrogen (secondary N) is 1. The van der Waals surface area contributed by atoms with Crippen LogP contribution in [0.1, 0.15) is 11.1 Å². The lowest BCUT2D eigenvalue weighted by atomic mass is 10.1. The topological polar surface area (TPSA) is 112 Å². The van der Waals surface area contributed by atoms with Gasteiger partial charge in [-0.3, -0.25) is 14.9 Å². The molecule has 142 valence electrons. The molecule has 0 unspecified atom stereocenters. The molecule has 27 heavy (non-hydrogen) atoms. The van der Waals surface area contributed by atoms with Crippen molar-refractivity contribution in [3.8, 4) is 17.2 Å². The number of hydrazone groups is 1. The Morgan fingerprint density at radius 1 is 1.19 bits per heavy atom. The first-order chi connectivity index (χ1) is 13.0. The molecule has 0 radical (unpaired) electrons. The Balaban J connectivity index is 2.04. The van der Waals surface area contributed by atoms with E-state index in [4.69, 9.17) is 14.2 Å². The Labute approximate surface area is 155 Å². The number of aryl methyl sites for hydroxylation is 1. The van der Waals surface area contributed by atoms with Crippen molar-refractivity contribution < 1.29 is 23.9 Å². The summed E-state index contributed by atoms with van der Waals surface area (Å²) in [6.45, 7) is 1.65. The SMILES string of the molecule is COc1cc(OC)c([N+](=O)[O-])cc1/C=N/NC(=O)COc1ccccc1C. The van der Waals surface area contributed by atoms with Crippen LogP contribution < -0.4 is 19.6 Å². The van der Waals surface area contributed by atoms with Crippen LogP contribution in [0, 0.1) is 17.0 Å². The van der Waals surface area contributed by atoms with Gasteiger partial charge in [0.15, 0.2) is 6.61 Å². The highest BCUT2D eigenvalue weighted by molar-refractivity contribution is 5.87. The monoisotopic (exact) mass is 373 g/mol. The van der Waals surface area contributed by atoms with Crippen molar-refractivity contribution >= 4 is 17.8 Å². The summed E-state index contributed by atoms with van der Waals surface area (Å²) in [7, 11) is 2.73. The molecule has 1 amide bonds. The van der Waals surface area contributed by atoms with Crippen LogP contribution in [-0.2, 0) is 4.79 Å². The smallest absolute Gasteiger partial charge is 0.311 e. The van der Waals surface area contributed by atoms with Crippen LogP contribution in [0.5, 0.6) is 17.2 Å². The summed E-state index contributed by atoms with van der Waals surface area (Å²) in [5.74, 6) is 0.497. The molecule has 9 nitrogen and oxygen atoms in total. The summed E-state index contributed by atoms with van der Waals surface area (Å²) in [4.78, 5) is 22.4. The average Bonchev–Trinajstić information content (AvgIpc) is 2.66. The van der Waals surface area contributed by atoms with E-state index in [9.17, 15) is 14.9 Å². The molecule has 0 bridgehead atoms. The molecule has 0 spiro atoms. The number of nitrogens with zero attached hydrogens (tertiary/aromatic N) is 2. The molecular formula is C18H19N3O6. The second-order valence-corrected chi connectivity index (χ2v) is 5.37. The zero-order valence-corrected chi connectivity index (χ0v) is 15.1. The van der Waals surface area contributed by atoms with Gasteiger partial charge in [-0.1, -0.05) is 18.2 Å². The average molecular weight is 373 g/mol. The first-order valence-corrected chi connectivity index (χ1v) is 7.87. The Hall–Kier alpha value is -3.62. The lowest BCUT2D eigenvalue weighted by molar-refractivity contribution is -0.385. The molecule has 0 fully saturated rings. The Morgan fingerprint density at radius 2 is 1.89 bits per heavy atom. The van der Waals surface area contributed by atoms with Crippen LogP contribution >= 0.6 is 0 Å². The largest absolute Gasteiger partial charge is 0.496 e. The number of rotatable bonds is 8. The minimum atomic E-state index is -0.579. The summed E-state index contributed by atoms with van der Waals surface area (Å²) >= 11 is 0. The molecule has 2 aromatic carbocycles. The van der Waals surface area contributed by atoms with E-state index in [0.717, 1.165) is 5.56 Å². The van der Waals surface area contributed by atoms with Gasteiger partial charge in [0.1, 0.15) is 11.5 Å². The highest BCUT2D eigenvalue weighted by Gasteiger charge is 2.18. The maximum Gasteiger partial charge on any atom is 0.311 e. The van der Waals surface area contributed by atoms with E-state index in [1.807, 2.05) is 19.1 Å². The third-order valence-electron chi connectivity index (χ3n) is 3.57. The first kappa shape index (κ1) is 19.7. The highest BCUT2D eigenvalue weighted by Crippen LogP contribution is 2.33. The van der Waals surface area contributed by atoms with Crippen molar-refractivity contribution in [2.45, 2.75) is 6.92 Å². The van der Waals surface area contributed by atoms with E-state index in [-0.39, 0.29) is 18.0 Å². The second-order valence-electron chi connectivity index (χ2n) is 5.37. The third kappa shape index (κ3) is 5.18. The first-order valence-electron chi connectivity index (χ1n) is 7.87. The van der Waals surface area contributed by atoms with E-state index in [2.05, 4.69) is 10.5 Å². The van der Waals surface area contributed by atoms with Crippen LogP contribution in [0.2, 0.25) is 0 Å². The van der Waals surface area contributed by atoms with Gasteiger partial charge in [-0.15, -0.1) is 0 Å². The molecule has 0 aromatic heterocycles. The fraction of sp³-hybridized carbons (Fsp3) is 0.222. The Bertz CT molecular complexity index is 866. The maximum atomic E-state index is 11.8. The normalized spacial score (nSPS) is 10.5. The fourth-order valence-corrected chi connectivity index (χ4v) is 2.22. The fourth-order valence-electron chi connectivity index (χ4n) is 2.22. The molecule has 0 saturated heterocycles. The zero-order valence-electron chi connectivity index (χ0n) is 15.1. The van der Waals surface area contributed by atoms with Crippen LogP contribution in [0.3, 0.4) is 0 Å². The number of ether oxygens (including phenoxy) is 3. The number of hydrogen-bond acceptors (Lipinski definition) is 7. The summed E-state index contributed by atoms with van der Waals surface area (Å²) in [5, 5.41) is 14.9. The van der Waals surface area contributed by atoms with Crippen LogP contribution in [0.25, 0.3) is 0 Å². The quantitative estimate of drug-likeness (QED) is 0.432. The Morgan fingerprint density at radius 3 is 2.52 bits per heavy atom. The molecule has 1 N–H and O–H groups in total. The number of amides is 1. The zero-order chi connectivity index (χ0) is 19.8. The van der Waals surface area contributed by atoms with E-state index in [0.29, 0.717) is 17.1 Å². The van der Waals surface area contributed by atoms with Crippen molar-refractivity contribution in [3.63, 3.8) is 0 Å². The summed E-state index contributed by atoms with van der Waals surface area (Å²) in [5.41, 5.74) is 3.27. The van der Waals surface area contributed by atoms with E-state index < -0.39 is 10.8 Å². The molecule has 0 atom stereocenters. The number of hydrogen-bond donors (Lipinski definition) is 1. The molecule has 2 rings (SSSR count). The minimum absolute atomic E-state index is 0.0599. The molecule has 0 heterocycles. The van der Waals surface area contributed by atoms with E-state index in [1.54, 1.807) is 12.1 Å². The van der Waals surface area contributed by atoms with Gasteiger partial charge >= 0.3 is 5.69 Å². The molecule has 9 heteroatoms. The van der Waals surface area contributed by atoms with Crippen molar-refractivity contribution in [2.75, 3.05) is 20.8 Å². The standard InChI is InChI=1S/C18H19N3O6/c1-12-6-4-5-7-15(12)27-11-18(22)20-19-10-13-8-14(21(23)24)17(26-3)9-16(13)25-2/h4-10H,11H2,1-3H3,(H,20,22)/b19-10+. The molecular weight excluding hydrogens is 354 g/mol. The number of carbonyl (C=O) groups excluding carboxylic acids is 1. The van der Waals surface area contributed by atoms with Gasteiger partial charge in [-0.2, -0.15) is 5.10 Å². The van der Waals surface area contributed by atoms with Gasteiger partial charge in [0.25, 0.3) is 5.91 Å².